The van der Waals surface area contributed by atoms with Crippen molar-refractivity contribution in [3.63, 3.8) is 0 Å². The van der Waals surface area contributed by atoms with E-state index in [2.05, 4.69) is 26.4 Å². The Morgan fingerprint density at radius 3 is 2.83 bits per heavy atom. The van der Waals surface area contributed by atoms with Gasteiger partial charge in [0.1, 0.15) is 12.6 Å². The summed E-state index contributed by atoms with van der Waals surface area (Å²) in [6, 6.07) is 5.85. The van der Waals surface area contributed by atoms with Crippen molar-refractivity contribution in [2.24, 2.45) is 0 Å². The lowest BCUT2D eigenvalue weighted by Crippen LogP contribution is -2.69. The number of pyridine rings is 1. The molecule has 0 aromatic carbocycles. The Kier molecular flexibility index (Phi) is 6.17. The number of aromatic nitrogens is 3. The van der Waals surface area contributed by atoms with E-state index in [1.807, 2.05) is 19.2 Å². The molecule has 1 spiro atoms. The van der Waals surface area contributed by atoms with Crippen molar-refractivity contribution in [3.8, 4) is 0 Å². The first kappa shape index (κ1) is 21.0. The molecule has 0 aliphatic carbocycles. The van der Waals surface area contributed by atoms with Gasteiger partial charge < -0.3 is 20.1 Å². The minimum absolute atomic E-state index is 0.144. The van der Waals surface area contributed by atoms with Gasteiger partial charge in [-0.1, -0.05) is 6.07 Å². The highest BCUT2D eigenvalue weighted by molar-refractivity contribution is 5.76. The van der Waals surface area contributed by atoms with Crippen LogP contribution >= 0.6 is 0 Å². The Bertz CT molecular complexity index is 821. The summed E-state index contributed by atoms with van der Waals surface area (Å²) in [5.74, 6) is -0.147. The lowest BCUT2D eigenvalue weighted by Gasteiger charge is -2.53. The molecule has 1 amide bonds. The number of carbonyl (C=O) groups is 1. The molecule has 8 heteroatoms. The van der Waals surface area contributed by atoms with Gasteiger partial charge in [0.15, 0.2) is 0 Å². The molecule has 0 saturated carbocycles. The van der Waals surface area contributed by atoms with E-state index >= 15 is 0 Å². The molecule has 4 heterocycles. The maximum absolute atomic E-state index is 12.5. The zero-order valence-corrected chi connectivity index (χ0v) is 17.5. The van der Waals surface area contributed by atoms with Crippen molar-refractivity contribution in [1.82, 2.24) is 25.0 Å². The molecule has 4 rings (SSSR count). The molecule has 2 aliphatic heterocycles. The molecular weight excluding hydrogens is 382 g/mol. The molecule has 0 unspecified atom stereocenters. The van der Waals surface area contributed by atoms with Crippen LogP contribution in [0.4, 0.5) is 0 Å². The van der Waals surface area contributed by atoms with E-state index in [1.54, 1.807) is 29.3 Å². The van der Waals surface area contributed by atoms with E-state index in [-0.39, 0.29) is 12.5 Å². The maximum atomic E-state index is 12.5. The number of likely N-dealkylation sites (tertiary alicyclic amines) is 1. The number of nitrogens with zero attached hydrogens (tertiary/aromatic N) is 4. The van der Waals surface area contributed by atoms with E-state index < -0.39 is 17.2 Å². The quantitative estimate of drug-likeness (QED) is 0.734. The van der Waals surface area contributed by atoms with Gasteiger partial charge in [-0.25, -0.2) is 0 Å². The number of amides is 1. The summed E-state index contributed by atoms with van der Waals surface area (Å²) in [6.07, 6.45) is 9.42. The third-order valence-electron chi connectivity index (χ3n) is 6.54. The number of ether oxygens (including phenoxy) is 1. The maximum Gasteiger partial charge on any atom is 0.242 e. The van der Waals surface area contributed by atoms with Crippen LogP contribution in [0.25, 0.3) is 0 Å². The minimum Gasteiger partial charge on any atom is -0.388 e. The second-order valence-corrected chi connectivity index (χ2v) is 8.69. The van der Waals surface area contributed by atoms with Crippen LogP contribution in [-0.2, 0) is 22.5 Å². The Morgan fingerprint density at radius 2 is 2.13 bits per heavy atom. The van der Waals surface area contributed by atoms with Gasteiger partial charge in [-0.3, -0.25) is 14.5 Å². The predicted octanol–water partition coefficient (Wildman–Crippen LogP) is 1.01. The topological polar surface area (TPSA) is 92.5 Å². The van der Waals surface area contributed by atoms with Crippen molar-refractivity contribution in [3.05, 3.63) is 48.5 Å². The molecule has 2 N–H and O–H groups in total. The Morgan fingerprint density at radius 1 is 1.30 bits per heavy atom. The third kappa shape index (κ3) is 4.55. The Balaban J connectivity index is 1.33. The lowest BCUT2D eigenvalue weighted by atomic mass is 9.73. The molecule has 2 atom stereocenters. The van der Waals surface area contributed by atoms with E-state index in [1.165, 1.54) is 5.56 Å². The van der Waals surface area contributed by atoms with Crippen molar-refractivity contribution in [2.75, 3.05) is 26.2 Å². The Hall–Kier alpha value is -2.29. The van der Waals surface area contributed by atoms with Crippen LogP contribution in [0.15, 0.2) is 43.0 Å². The molecule has 0 radical (unpaired) electrons. The highest BCUT2D eigenvalue weighted by Crippen LogP contribution is 2.40. The van der Waals surface area contributed by atoms with Gasteiger partial charge in [-0.2, -0.15) is 5.10 Å². The normalized spacial score (nSPS) is 26.5. The van der Waals surface area contributed by atoms with Gasteiger partial charge in [0.25, 0.3) is 0 Å². The third-order valence-corrected chi connectivity index (χ3v) is 6.54. The lowest BCUT2D eigenvalue weighted by molar-refractivity contribution is -0.207. The first-order valence-electron chi connectivity index (χ1n) is 10.7. The van der Waals surface area contributed by atoms with Gasteiger partial charge in [0.05, 0.1) is 11.1 Å². The summed E-state index contributed by atoms with van der Waals surface area (Å²) in [5.41, 5.74) is -0.0730. The van der Waals surface area contributed by atoms with Gasteiger partial charge in [-0.15, -0.1) is 0 Å². The van der Waals surface area contributed by atoms with Crippen molar-refractivity contribution < 1.29 is 14.6 Å². The van der Waals surface area contributed by atoms with E-state index in [0.717, 1.165) is 38.9 Å². The highest BCUT2D eigenvalue weighted by atomic mass is 16.5. The number of rotatable bonds is 6. The van der Waals surface area contributed by atoms with Crippen molar-refractivity contribution in [1.29, 1.82) is 0 Å². The standard InChI is InChI=1S/C22H31N5O3/c1-21(25-19(28)17-27-11-3-10-24-27)8-15-30-22(20(21)29)6-13-26(14-7-22)12-5-18-4-2-9-23-16-18/h2-4,9-11,16,20,29H,5-8,12-15,17H2,1H3,(H,25,28)/t20-,21+/m1/s1. The molecule has 2 aromatic rings. The summed E-state index contributed by atoms with van der Waals surface area (Å²) in [6.45, 7) is 5.31. The fourth-order valence-electron chi connectivity index (χ4n) is 4.70. The van der Waals surface area contributed by atoms with E-state index in [0.29, 0.717) is 13.0 Å². The average Bonchev–Trinajstić information content (AvgIpc) is 3.25. The summed E-state index contributed by atoms with van der Waals surface area (Å²) < 4.78 is 7.74. The van der Waals surface area contributed by atoms with Crippen LogP contribution in [0, 0.1) is 0 Å². The zero-order chi connectivity index (χ0) is 21.0. The second kappa shape index (κ2) is 8.83. The van der Waals surface area contributed by atoms with E-state index in [4.69, 9.17) is 4.74 Å². The molecule has 2 aromatic heterocycles. The first-order chi connectivity index (χ1) is 14.5. The number of carbonyl (C=O) groups excluding carboxylic acids is 1. The molecule has 2 aliphatic rings. The Labute approximate surface area is 177 Å². The van der Waals surface area contributed by atoms with Gasteiger partial charge in [0.2, 0.25) is 5.91 Å². The largest absolute Gasteiger partial charge is 0.388 e. The zero-order valence-electron chi connectivity index (χ0n) is 17.5. The van der Waals surface area contributed by atoms with E-state index in [9.17, 15) is 9.90 Å². The fourth-order valence-corrected chi connectivity index (χ4v) is 4.70. The summed E-state index contributed by atoms with van der Waals surface area (Å²) >= 11 is 0. The number of aliphatic hydroxyl groups is 1. The molecule has 162 valence electrons. The molecular formula is C22H31N5O3. The van der Waals surface area contributed by atoms with Crippen LogP contribution < -0.4 is 5.32 Å². The van der Waals surface area contributed by atoms with Crippen LogP contribution in [-0.4, -0.2) is 74.2 Å². The van der Waals surface area contributed by atoms with Crippen LogP contribution in [0.1, 0.15) is 31.7 Å². The fraction of sp³-hybridized carbons (Fsp3) is 0.591. The monoisotopic (exact) mass is 413 g/mol. The number of hydrogen-bond acceptors (Lipinski definition) is 6. The minimum atomic E-state index is -0.749. The van der Waals surface area contributed by atoms with Gasteiger partial charge in [-0.05, 0) is 50.3 Å². The van der Waals surface area contributed by atoms with Crippen LogP contribution in [0.2, 0.25) is 0 Å². The van der Waals surface area contributed by atoms with Gasteiger partial charge in [0, 0.05) is 51.0 Å². The number of piperidine rings is 1. The molecule has 8 nitrogen and oxygen atoms in total. The summed E-state index contributed by atoms with van der Waals surface area (Å²) in [7, 11) is 0. The molecule has 2 fully saturated rings. The SMILES string of the molecule is C[C@]1(NC(=O)Cn2cccn2)CCOC2(CCN(CCc3cccnc3)CC2)[C@@H]1O. The van der Waals surface area contributed by atoms with Crippen molar-refractivity contribution in [2.45, 2.75) is 56.4 Å². The highest BCUT2D eigenvalue weighted by Gasteiger charge is 2.53. The smallest absolute Gasteiger partial charge is 0.242 e. The van der Waals surface area contributed by atoms with Crippen LogP contribution in [0.5, 0.6) is 0 Å². The average molecular weight is 414 g/mol. The molecule has 2 saturated heterocycles. The number of nitrogens with one attached hydrogen (secondary N) is 1. The van der Waals surface area contributed by atoms with Crippen LogP contribution in [0.3, 0.4) is 0 Å². The molecule has 0 bridgehead atoms. The number of aliphatic hydroxyl groups excluding tert-OH is 1. The second-order valence-electron chi connectivity index (χ2n) is 8.69. The van der Waals surface area contributed by atoms with Gasteiger partial charge >= 0.3 is 0 Å². The molecule has 30 heavy (non-hydrogen) atoms. The predicted molar refractivity (Wildman–Crippen MR) is 112 cm³/mol. The number of hydrogen-bond donors (Lipinski definition) is 2. The first-order valence-corrected chi connectivity index (χ1v) is 10.7. The summed E-state index contributed by atoms with van der Waals surface area (Å²) in [5, 5.41) is 18.4. The van der Waals surface area contributed by atoms with Crippen molar-refractivity contribution >= 4 is 5.91 Å². The summed E-state index contributed by atoms with van der Waals surface area (Å²) in [4.78, 5) is 19.1.